The Labute approximate surface area is 124 Å². The molecule has 21 heavy (non-hydrogen) atoms. The zero-order chi connectivity index (χ0) is 15.4. The van der Waals surface area contributed by atoms with E-state index < -0.39 is 0 Å². The van der Waals surface area contributed by atoms with E-state index in [1.165, 1.54) is 10.6 Å². The Balaban J connectivity index is 2.04. The lowest BCUT2D eigenvalue weighted by Crippen LogP contribution is -2.40. The van der Waals surface area contributed by atoms with Gasteiger partial charge in [-0.1, -0.05) is 0 Å². The molecule has 1 aliphatic rings. The number of carbonyl (C=O) groups excluding carboxylic acids is 1. The maximum atomic E-state index is 12.4. The second-order valence-corrected chi connectivity index (χ2v) is 5.42. The molecular formula is C15H23N3O3. The molecule has 1 aliphatic heterocycles. The molecule has 1 N–H and O–H groups in total. The van der Waals surface area contributed by atoms with Crippen LogP contribution in [-0.4, -0.2) is 41.3 Å². The molecule has 2 heterocycles. The van der Waals surface area contributed by atoms with Crippen molar-refractivity contribution < 1.29 is 9.53 Å². The third kappa shape index (κ3) is 3.85. The Morgan fingerprint density at radius 2 is 2.33 bits per heavy atom. The molecule has 0 aliphatic carbocycles. The largest absolute Gasteiger partial charge is 0.376 e. The first-order chi connectivity index (χ1) is 10.0. The van der Waals surface area contributed by atoms with Gasteiger partial charge in [-0.15, -0.1) is 0 Å². The molecule has 0 aromatic carbocycles. The van der Waals surface area contributed by atoms with Gasteiger partial charge in [-0.05, 0) is 32.3 Å². The number of rotatable bonds is 4. The number of urea groups is 1. The van der Waals surface area contributed by atoms with Crippen molar-refractivity contribution in [2.45, 2.75) is 32.8 Å². The normalized spacial score (nSPS) is 17.8. The molecule has 0 unspecified atom stereocenters. The number of ether oxygens (including phenoxy) is 1. The van der Waals surface area contributed by atoms with E-state index in [9.17, 15) is 9.59 Å². The molecule has 0 radical (unpaired) electrons. The number of anilines is 1. The van der Waals surface area contributed by atoms with Gasteiger partial charge in [0.25, 0.3) is 5.56 Å². The molecule has 1 saturated heterocycles. The third-order valence-corrected chi connectivity index (χ3v) is 3.79. The van der Waals surface area contributed by atoms with E-state index in [2.05, 4.69) is 5.32 Å². The summed E-state index contributed by atoms with van der Waals surface area (Å²) in [4.78, 5) is 25.6. The number of hydrogen-bond acceptors (Lipinski definition) is 3. The van der Waals surface area contributed by atoms with Crippen molar-refractivity contribution in [2.75, 3.05) is 25.0 Å². The standard InChI is InChI=1S/C15H23N3O3/c1-4-18(9-12-6-5-7-21-12)15(20)16-13-10-17(3)14(19)8-11(13)2/h8,10,12H,4-7,9H2,1-3H3,(H,16,20)/t12-/m0/s1. The van der Waals surface area contributed by atoms with E-state index in [1.54, 1.807) is 18.1 Å². The van der Waals surface area contributed by atoms with Crippen molar-refractivity contribution in [1.29, 1.82) is 0 Å². The number of likely N-dealkylation sites (N-methyl/N-ethyl adjacent to an activating group) is 1. The number of nitrogens with zero attached hydrogens (tertiary/aromatic N) is 2. The van der Waals surface area contributed by atoms with Gasteiger partial charge < -0.3 is 19.5 Å². The van der Waals surface area contributed by atoms with Crippen LogP contribution in [0.5, 0.6) is 0 Å². The number of aryl methyl sites for hydroxylation is 2. The van der Waals surface area contributed by atoms with Gasteiger partial charge in [-0.3, -0.25) is 4.79 Å². The van der Waals surface area contributed by atoms with Gasteiger partial charge in [0, 0.05) is 39.0 Å². The van der Waals surface area contributed by atoms with Gasteiger partial charge in [0.1, 0.15) is 0 Å². The van der Waals surface area contributed by atoms with Crippen molar-refractivity contribution in [3.05, 3.63) is 28.2 Å². The lowest BCUT2D eigenvalue weighted by Gasteiger charge is -2.24. The minimum absolute atomic E-state index is 0.0859. The van der Waals surface area contributed by atoms with E-state index in [-0.39, 0.29) is 17.7 Å². The predicted molar refractivity (Wildman–Crippen MR) is 81.7 cm³/mol. The number of amides is 2. The Bertz CT molecular complexity index is 562. The molecule has 2 amide bonds. The molecule has 0 bridgehead atoms. The van der Waals surface area contributed by atoms with Crippen molar-refractivity contribution >= 4 is 11.7 Å². The van der Waals surface area contributed by atoms with Crippen LogP contribution in [0, 0.1) is 6.92 Å². The summed E-state index contributed by atoms with van der Waals surface area (Å²) in [5.41, 5.74) is 1.34. The van der Waals surface area contributed by atoms with Crippen LogP contribution in [0.1, 0.15) is 25.3 Å². The predicted octanol–water partition coefficient (Wildman–Crippen LogP) is 1.73. The fraction of sp³-hybridized carbons (Fsp3) is 0.600. The molecule has 1 aromatic heterocycles. The first kappa shape index (κ1) is 15.6. The van der Waals surface area contributed by atoms with E-state index >= 15 is 0 Å². The molecular weight excluding hydrogens is 270 g/mol. The average molecular weight is 293 g/mol. The van der Waals surface area contributed by atoms with E-state index in [4.69, 9.17) is 4.74 Å². The van der Waals surface area contributed by atoms with Gasteiger partial charge in [0.15, 0.2) is 0 Å². The molecule has 2 rings (SSSR count). The van der Waals surface area contributed by atoms with Crippen LogP contribution in [0.3, 0.4) is 0 Å². The average Bonchev–Trinajstić information content (AvgIpc) is 2.95. The van der Waals surface area contributed by atoms with E-state index in [0.717, 1.165) is 25.0 Å². The molecule has 6 heteroatoms. The maximum Gasteiger partial charge on any atom is 0.321 e. The third-order valence-electron chi connectivity index (χ3n) is 3.79. The molecule has 116 valence electrons. The molecule has 6 nitrogen and oxygen atoms in total. The highest BCUT2D eigenvalue weighted by atomic mass is 16.5. The second-order valence-electron chi connectivity index (χ2n) is 5.42. The monoisotopic (exact) mass is 293 g/mol. The summed E-state index contributed by atoms with van der Waals surface area (Å²) < 4.78 is 7.03. The first-order valence-electron chi connectivity index (χ1n) is 7.36. The quantitative estimate of drug-likeness (QED) is 0.919. The number of carbonyl (C=O) groups is 1. The summed E-state index contributed by atoms with van der Waals surface area (Å²) >= 11 is 0. The van der Waals surface area contributed by atoms with Crippen LogP contribution >= 0.6 is 0 Å². The van der Waals surface area contributed by atoms with Gasteiger partial charge in [-0.25, -0.2) is 4.79 Å². The van der Waals surface area contributed by atoms with E-state index in [1.807, 2.05) is 13.8 Å². The van der Waals surface area contributed by atoms with Gasteiger partial charge >= 0.3 is 6.03 Å². The highest BCUT2D eigenvalue weighted by Crippen LogP contribution is 2.15. The summed E-state index contributed by atoms with van der Waals surface area (Å²) in [6, 6.07) is 1.36. The lowest BCUT2D eigenvalue weighted by molar-refractivity contribution is 0.0849. The molecule has 0 saturated carbocycles. The summed E-state index contributed by atoms with van der Waals surface area (Å²) in [6.45, 7) is 5.77. The van der Waals surface area contributed by atoms with Crippen molar-refractivity contribution in [3.8, 4) is 0 Å². The van der Waals surface area contributed by atoms with Gasteiger partial charge in [0.05, 0.1) is 11.8 Å². The fourth-order valence-electron chi connectivity index (χ4n) is 2.44. The van der Waals surface area contributed by atoms with Crippen molar-refractivity contribution in [1.82, 2.24) is 9.47 Å². The number of hydrogen-bond donors (Lipinski definition) is 1. The summed E-state index contributed by atoms with van der Waals surface area (Å²) in [6.07, 6.45) is 3.85. The van der Waals surface area contributed by atoms with Crippen LogP contribution in [0.25, 0.3) is 0 Å². The Kier molecular flexibility index (Phi) is 5.01. The van der Waals surface area contributed by atoms with Crippen LogP contribution in [0.2, 0.25) is 0 Å². The van der Waals surface area contributed by atoms with Crippen molar-refractivity contribution in [3.63, 3.8) is 0 Å². The lowest BCUT2D eigenvalue weighted by atomic mass is 10.2. The summed E-state index contributed by atoms with van der Waals surface area (Å²) in [7, 11) is 1.67. The molecule has 1 aromatic rings. The zero-order valence-corrected chi connectivity index (χ0v) is 12.9. The molecule has 1 fully saturated rings. The minimum Gasteiger partial charge on any atom is -0.376 e. The molecule has 0 spiro atoms. The Hall–Kier alpha value is -1.82. The topological polar surface area (TPSA) is 63.6 Å². The minimum atomic E-state index is -0.158. The smallest absolute Gasteiger partial charge is 0.321 e. The maximum absolute atomic E-state index is 12.4. The van der Waals surface area contributed by atoms with Gasteiger partial charge in [0.2, 0.25) is 0 Å². The van der Waals surface area contributed by atoms with Crippen LogP contribution in [-0.2, 0) is 11.8 Å². The number of aromatic nitrogens is 1. The Morgan fingerprint density at radius 1 is 1.57 bits per heavy atom. The summed E-state index contributed by atoms with van der Waals surface area (Å²) in [5, 5.41) is 2.87. The first-order valence-corrected chi connectivity index (χ1v) is 7.36. The second kappa shape index (κ2) is 6.76. The van der Waals surface area contributed by atoms with Crippen LogP contribution in [0.4, 0.5) is 10.5 Å². The Morgan fingerprint density at radius 3 is 2.95 bits per heavy atom. The summed E-state index contributed by atoms with van der Waals surface area (Å²) in [5.74, 6) is 0. The van der Waals surface area contributed by atoms with Crippen LogP contribution in [0.15, 0.2) is 17.1 Å². The SMILES string of the molecule is CCN(C[C@@H]1CCCO1)C(=O)Nc1cn(C)c(=O)cc1C. The fourth-order valence-corrected chi connectivity index (χ4v) is 2.44. The van der Waals surface area contributed by atoms with Gasteiger partial charge in [-0.2, -0.15) is 0 Å². The highest BCUT2D eigenvalue weighted by Gasteiger charge is 2.21. The van der Waals surface area contributed by atoms with Crippen LogP contribution < -0.4 is 10.9 Å². The molecule has 1 atom stereocenters. The number of nitrogens with one attached hydrogen (secondary N) is 1. The zero-order valence-electron chi connectivity index (χ0n) is 12.9. The highest BCUT2D eigenvalue weighted by molar-refractivity contribution is 5.89. The van der Waals surface area contributed by atoms with E-state index in [0.29, 0.717) is 18.8 Å². The number of pyridine rings is 1. The van der Waals surface area contributed by atoms with Crippen molar-refractivity contribution in [2.24, 2.45) is 7.05 Å².